The molecule has 2 aromatic carbocycles. The lowest BCUT2D eigenvalue weighted by Crippen LogP contribution is -2.52. The zero-order valence-electron chi connectivity index (χ0n) is 18.0. The van der Waals surface area contributed by atoms with Crippen LogP contribution in [-0.4, -0.2) is 73.8 Å². The van der Waals surface area contributed by atoms with Gasteiger partial charge in [-0.25, -0.2) is 8.42 Å². The number of amides is 2. The second-order valence-corrected chi connectivity index (χ2v) is 10.7. The zero-order valence-corrected chi connectivity index (χ0v) is 18.8. The number of carbonyl (C=O) groups excluding carboxylic acids is 2. The molecule has 2 aliphatic heterocycles. The van der Waals surface area contributed by atoms with E-state index in [9.17, 15) is 18.0 Å². The van der Waals surface area contributed by atoms with Gasteiger partial charge in [-0.1, -0.05) is 48.5 Å². The molecule has 0 unspecified atom stereocenters. The normalized spacial score (nSPS) is 21.8. The van der Waals surface area contributed by atoms with Crippen LogP contribution in [0.25, 0.3) is 0 Å². The molecular weight excluding hydrogens is 426 g/mol. The molecule has 2 heterocycles. The van der Waals surface area contributed by atoms with Crippen LogP contribution >= 0.6 is 0 Å². The molecule has 2 aliphatic rings. The van der Waals surface area contributed by atoms with E-state index in [4.69, 9.17) is 0 Å². The van der Waals surface area contributed by atoms with Crippen LogP contribution in [0.1, 0.15) is 34.8 Å². The number of carbonyl (C=O) groups is 2. The van der Waals surface area contributed by atoms with Crippen LogP contribution in [0.2, 0.25) is 0 Å². The van der Waals surface area contributed by atoms with Gasteiger partial charge in [-0.05, 0) is 24.1 Å². The van der Waals surface area contributed by atoms with Gasteiger partial charge in [0.1, 0.15) is 0 Å². The molecule has 1 N–H and O–H groups in total. The molecule has 0 aliphatic carbocycles. The van der Waals surface area contributed by atoms with Gasteiger partial charge >= 0.3 is 0 Å². The second-order valence-electron chi connectivity index (χ2n) is 8.48. The van der Waals surface area contributed by atoms with E-state index in [1.807, 2.05) is 53.4 Å². The number of hydrogen-bond donors (Lipinski definition) is 1. The third kappa shape index (κ3) is 5.55. The van der Waals surface area contributed by atoms with E-state index in [-0.39, 0.29) is 35.8 Å². The van der Waals surface area contributed by atoms with Gasteiger partial charge in [0.05, 0.1) is 24.0 Å². The Bertz CT molecular complexity index is 1040. The highest BCUT2D eigenvalue weighted by Crippen LogP contribution is 2.22. The van der Waals surface area contributed by atoms with Crippen LogP contribution in [0.4, 0.5) is 0 Å². The summed E-state index contributed by atoms with van der Waals surface area (Å²) in [5.41, 5.74) is 1.45. The standard InChI is InChI=1S/C24H29N3O4S/c28-23(27-14-12-26(13-15-27)21-11-16-32(30,31)18-21)17-22(19-7-3-1-4-8-19)25-24(29)20-9-5-2-6-10-20/h1-10,21-22H,11-18H2,(H,25,29)/t21-,22+/m1/s1. The van der Waals surface area contributed by atoms with Gasteiger partial charge in [-0.15, -0.1) is 0 Å². The summed E-state index contributed by atoms with van der Waals surface area (Å²) in [5, 5.41) is 3.02. The number of nitrogens with one attached hydrogen (secondary N) is 1. The summed E-state index contributed by atoms with van der Waals surface area (Å²) < 4.78 is 23.6. The van der Waals surface area contributed by atoms with Crippen LogP contribution in [-0.2, 0) is 14.6 Å². The average molecular weight is 456 g/mol. The Morgan fingerprint density at radius 3 is 2.16 bits per heavy atom. The molecule has 170 valence electrons. The minimum absolute atomic E-state index is 0.00842. The molecule has 4 rings (SSSR count). The average Bonchev–Trinajstić information content (AvgIpc) is 3.19. The van der Waals surface area contributed by atoms with Gasteiger partial charge < -0.3 is 10.2 Å². The van der Waals surface area contributed by atoms with Crippen molar-refractivity contribution in [3.05, 3.63) is 71.8 Å². The zero-order chi connectivity index (χ0) is 22.6. The Labute approximate surface area is 189 Å². The van der Waals surface area contributed by atoms with Gasteiger partial charge in [-0.3, -0.25) is 14.5 Å². The summed E-state index contributed by atoms with van der Waals surface area (Å²) in [6.45, 7) is 2.50. The number of benzene rings is 2. The summed E-state index contributed by atoms with van der Waals surface area (Å²) in [7, 11) is -2.92. The first kappa shape index (κ1) is 22.5. The molecule has 2 aromatic rings. The fourth-order valence-electron chi connectivity index (χ4n) is 4.47. The minimum Gasteiger partial charge on any atom is -0.345 e. The molecule has 32 heavy (non-hydrogen) atoms. The molecule has 2 saturated heterocycles. The largest absolute Gasteiger partial charge is 0.345 e. The monoisotopic (exact) mass is 455 g/mol. The molecule has 0 aromatic heterocycles. The lowest BCUT2D eigenvalue weighted by atomic mass is 10.0. The van der Waals surface area contributed by atoms with E-state index in [2.05, 4.69) is 10.2 Å². The number of nitrogens with zero attached hydrogens (tertiary/aromatic N) is 2. The summed E-state index contributed by atoms with van der Waals surface area (Å²) >= 11 is 0. The van der Waals surface area contributed by atoms with E-state index in [0.717, 1.165) is 5.56 Å². The fraction of sp³-hybridized carbons (Fsp3) is 0.417. The van der Waals surface area contributed by atoms with Crippen LogP contribution in [0.3, 0.4) is 0 Å². The Balaban J connectivity index is 1.38. The maximum absolute atomic E-state index is 13.1. The first-order valence-corrected chi connectivity index (χ1v) is 12.9. The van der Waals surface area contributed by atoms with E-state index >= 15 is 0 Å². The highest BCUT2D eigenvalue weighted by atomic mass is 32.2. The maximum Gasteiger partial charge on any atom is 0.251 e. The van der Waals surface area contributed by atoms with Crippen molar-refractivity contribution < 1.29 is 18.0 Å². The molecule has 2 fully saturated rings. The fourth-order valence-corrected chi connectivity index (χ4v) is 6.23. The molecule has 0 saturated carbocycles. The number of sulfone groups is 1. The molecular formula is C24H29N3O4S. The van der Waals surface area contributed by atoms with Crippen LogP contribution in [0.15, 0.2) is 60.7 Å². The molecule has 8 heteroatoms. The van der Waals surface area contributed by atoms with Crippen molar-refractivity contribution in [2.75, 3.05) is 37.7 Å². The third-order valence-electron chi connectivity index (χ3n) is 6.31. The van der Waals surface area contributed by atoms with E-state index in [1.54, 1.807) is 12.1 Å². The summed E-state index contributed by atoms with van der Waals surface area (Å²) in [4.78, 5) is 29.8. The quantitative estimate of drug-likeness (QED) is 0.719. The minimum atomic E-state index is -2.92. The molecule has 2 atom stereocenters. The van der Waals surface area contributed by atoms with E-state index in [1.165, 1.54) is 0 Å². The lowest BCUT2D eigenvalue weighted by Gasteiger charge is -2.38. The van der Waals surface area contributed by atoms with Gasteiger partial charge in [0.25, 0.3) is 5.91 Å². The number of piperazine rings is 1. The highest BCUT2D eigenvalue weighted by Gasteiger charge is 2.34. The van der Waals surface area contributed by atoms with Crippen molar-refractivity contribution in [3.63, 3.8) is 0 Å². The van der Waals surface area contributed by atoms with Gasteiger partial charge in [0.15, 0.2) is 9.84 Å². The molecule has 2 amide bonds. The number of hydrogen-bond acceptors (Lipinski definition) is 5. The van der Waals surface area contributed by atoms with Gasteiger partial charge in [0.2, 0.25) is 5.91 Å². The second kappa shape index (κ2) is 9.83. The van der Waals surface area contributed by atoms with E-state index < -0.39 is 15.9 Å². The lowest BCUT2D eigenvalue weighted by molar-refractivity contribution is -0.133. The topological polar surface area (TPSA) is 86.8 Å². The van der Waals surface area contributed by atoms with Crippen LogP contribution < -0.4 is 5.32 Å². The SMILES string of the molecule is O=C(N[C@@H](CC(=O)N1CCN([C@@H]2CCS(=O)(=O)C2)CC1)c1ccccc1)c1ccccc1. The Morgan fingerprint density at radius 1 is 0.938 bits per heavy atom. The van der Waals surface area contributed by atoms with Crippen molar-refractivity contribution in [1.82, 2.24) is 15.1 Å². The summed E-state index contributed by atoms with van der Waals surface area (Å²) in [6, 6.07) is 18.2. The summed E-state index contributed by atoms with van der Waals surface area (Å²) in [5.74, 6) is 0.268. The molecule has 0 bridgehead atoms. The molecule has 0 spiro atoms. The van der Waals surface area contributed by atoms with Crippen molar-refractivity contribution in [2.45, 2.75) is 24.9 Å². The third-order valence-corrected chi connectivity index (χ3v) is 8.06. The molecule has 0 radical (unpaired) electrons. The van der Waals surface area contributed by atoms with Crippen LogP contribution in [0.5, 0.6) is 0 Å². The Kier molecular flexibility index (Phi) is 6.91. The van der Waals surface area contributed by atoms with Crippen LogP contribution in [0, 0.1) is 0 Å². The van der Waals surface area contributed by atoms with Crippen molar-refractivity contribution in [2.24, 2.45) is 0 Å². The first-order chi connectivity index (χ1) is 15.4. The van der Waals surface area contributed by atoms with Gasteiger partial charge in [0, 0.05) is 37.8 Å². The van der Waals surface area contributed by atoms with Crippen molar-refractivity contribution in [3.8, 4) is 0 Å². The maximum atomic E-state index is 13.1. The Morgan fingerprint density at radius 2 is 1.56 bits per heavy atom. The number of rotatable bonds is 6. The van der Waals surface area contributed by atoms with E-state index in [0.29, 0.717) is 38.2 Å². The van der Waals surface area contributed by atoms with Crippen molar-refractivity contribution in [1.29, 1.82) is 0 Å². The predicted octanol–water partition coefficient (Wildman–Crippen LogP) is 1.88. The summed E-state index contributed by atoms with van der Waals surface area (Å²) in [6.07, 6.45) is 0.859. The van der Waals surface area contributed by atoms with Crippen molar-refractivity contribution >= 4 is 21.7 Å². The predicted molar refractivity (Wildman–Crippen MR) is 123 cm³/mol. The first-order valence-electron chi connectivity index (χ1n) is 11.0. The highest BCUT2D eigenvalue weighted by molar-refractivity contribution is 7.91. The smallest absolute Gasteiger partial charge is 0.251 e. The van der Waals surface area contributed by atoms with Gasteiger partial charge in [-0.2, -0.15) is 0 Å². The Hall–Kier alpha value is -2.71. The molecule has 7 nitrogen and oxygen atoms in total.